The molecule has 1 aliphatic carbocycles. The van der Waals surface area contributed by atoms with Crippen LogP contribution in [0.25, 0.3) is 38.7 Å². The van der Waals surface area contributed by atoms with Crippen molar-refractivity contribution in [2.75, 3.05) is 0 Å². The summed E-state index contributed by atoms with van der Waals surface area (Å²) in [7, 11) is 1.08. The first-order valence-electron chi connectivity index (χ1n) is 11.9. The zero-order chi connectivity index (χ0) is 23.7. The SMILES string of the molecule is CCC1=Cc2c(-c3ccccc3Cl)cccc2C1c1cccc2c1[cH-]c1ccccc12.C[Si]C.[Cl-].[Cl-].[Zr+3]. The Morgan fingerprint density at radius 3 is 2.08 bits per heavy atom. The van der Waals surface area contributed by atoms with Gasteiger partial charge in [-0.05, 0) is 29.2 Å². The summed E-state index contributed by atoms with van der Waals surface area (Å²) in [5.41, 5.74) is 7.88. The molecule has 0 nitrogen and oxygen atoms in total. The first kappa shape index (κ1) is 31.7. The quantitative estimate of drug-likeness (QED) is 0.209. The van der Waals surface area contributed by atoms with Crippen LogP contribution in [-0.2, 0) is 26.2 Å². The average molecular weight is 638 g/mol. The van der Waals surface area contributed by atoms with Crippen LogP contribution in [0, 0.1) is 0 Å². The summed E-state index contributed by atoms with van der Waals surface area (Å²) in [6.07, 6.45) is 3.43. The van der Waals surface area contributed by atoms with Crippen molar-refractivity contribution < 1.29 is 51.0 Å². The van der Waals surface area contributed by atoms with E-state index in [-0.39, 0.29) is 56.9 Å². The van der Waals surface area contributed by atoms with E-state index in [1.165, 1.54) is 49.4 Å². The van der Waals surface area contributed by atoms with Crippen molar-refractivity contribution in [3.63, 3.8) is 0 Å². The van der Waals surface area contributed by atoms with Crippen LogP contribution in [0.5, 0.6) is 0 Å². The fourth-order valence-corrected chi connectivity index (χ4v) is 5.54. The van der Waals surface area contributed by atoms with Gasteiger partial charge in [-0.15, -0.1) is 33.7 Å². The second kappa shape index (κ2) is 14.0. The molecule has 0 N–H and O–H groups in total. The zero-order valence-electron chi connectivity index (χ0n) is 21.2. The minimum atomic E-state index is 0. The van der Waals surface area contributed by atoms with E-state index in [9.17, 15) is 0 Å². The molecule has 5 aromatic carbocycles. The van der Waals surface area contributed by atoms with Gasteiger partial charge in [0.05, 0.1) is 0 Å². The van der Waals surface area contributed by atoms with Crippen molar-refractivity contribution in [1.82, 2.24) is 0 Å². The maximum absolute atomic E-state index is 6.59. The Balaban J connectivity index is 0.000000767. The molecule has 0 amide bonds. The van der Waals surface area contributed by atoms with Crippen LogP contribution in [0.3, 0.4) is 0 Å². The van der Waals surface area contributed by atoms with Crippen LogP contribution in [0.2, 0.25) is 18.1 Å². The van der Waals surface area contributed by atoms with Crippen LogP contribution in [0.1, 0.15) is 36.0 Å². The third-order valence-corrected chi connectivity index (χ3v) is 7.05. The maximum atomic E-state index is 6.59. The molecule has 1 aliphatic rings. The van der Waals surface area contributed by atoms with Crippen molar-refractivity contribution in [2.45, 2.75) is 32.4 Å². The molecule has 0 aliphatic heterocycles. The van der Waals surface area contributed by atoms with E-state index in [0.717, 1.165) is 26.5 Å². The Morgan fingerprint density at radius 2 is 1.35 bits per heavy atom. The Bertz CT molecular complexity index is 1520. The van der Waals surface area contributed by atoms with Crippen molar-refractivity contribution in [1.29, 1.82) is 0 Å². The molecule has 37 heavy (non-hydrogen) atoms. The molecule has 5 aromatic rings. The molecule has 0 spiro atoms. The molecular formula is C32H28Cl3SiZr. The molecule has 0 fully saturated rings. The van der Waals surface area contributed by atoms with Gasteiger partial charge >= 0.3 is 26.2 Å². The van der Waals surface area contributed by atoms with Gasteiger partial charge in [0.1, 0.15) is 0 Å². The Hall–Kier alpha value is -1.54. The monoisotopic (exact) mass is 635 g/mol. The van der Waals surface area contributed by atoms with E-state index in [0.29, 0.717) is 0 Å². The van der Waals surface area contributed by atoms with E-state index in [1.807, 2.05) is 12.1 Å². The zero-order valence-corrected chi connectivity index (χ0v) is 26.9. The predicted octanol–water partition coefficient (Wildman–Crippen LogP) is 3.76. The first-order valence-corrected chi connectivity index (χ1v) is 14.3. The molecule has 0 saturated carbocycles. The standard InChI is InChI=1S/C30H22Cl.C2H6Si.2ClH.Zr/c1-2-19-17-27-23(24-11-5-6-16-29(24)31)13-8-15-25(27)30(19)26-14-7-12-22-21-10-4-3-9-20(21)18-28(22)26;1-3-2;;;/h3-18,30H,2H2,1H3;1-2H3;2*1H;/q-1;;;;+3/p-2. The molecular weight excluding hydrogens is 610 g/mol. The molecule has 6 rings (SSSR count). The van der Waals surface area contributed by atoms with Gasteiger partial charge in [-0.2, -0.15) is 0 Å². The summed E-state index contributed by atoms with van der Waals surface area (Å²) in [4.78, 5) is 0. The molecule has 1 unspecified atom stereocenters. The van der Waals surface area contributed by atoms with Crippen LogP contribution in [0.4, 0.5) is 0 Å². The molecule has 1 atom stereocenters. The summed E-state index contributed by atoms with van der Waals surface area (Å²) in [6.45, 7) is 6.57. The van der Waals surface area contributed by atoms with Crippen molar-refractivity contribution in [3.8, 4) is 11.1 Å². The topological polar surface area (TPSA) is 0 Å². The number of hydrogen-bond donors (Lipinski definition) is 0. The Morgan fingerprint density at radius 1 is 0.757 bits per heavy atom. The third kappa shape index (κ3) is 5.90. The first-order chi connectivity index (χ1) is 16.7. The van der Waals surface area contributed by atoms with Crippen LogP contribution in [-0.4, -0.2) is 9.52 Å². The number of hydrogen-bond acceptors (Lipinski definition) is 0. The van der Waals surface area contributed by atoms with E-state index in [2.05, 4.69) is 105 Å². The van der Waals surface area contributed by atoms with Crippen molar-refractivity contribution in [3.05, 3.63) is 118 Å². The summed E-state index contributed by atoms with van der Waals surface area (Å²) >= 11 is 6.59. The van der Waals surface area contributed by atoms with E-state index >= 15 is 0 Å². The van der Waals surface area contributed by atoms with E-state index in [1.54, 1.807) is 0 Å². The van der Waals surface area contributed by atoms with Gasteiger partial charge in [-0.1, -0.05) is 122 Å². The van der Waals surface area contributed by atoms with Gasteiger partial charge in [0, 0.05) is 26.0 Å². The Kier molecular flexibility index (Phi) is 12.0. The minimum Gasteiger partial charge on any atom is -1.00 e. The average Bonchev–Trinajstić information content (AvgIpc) is 3.43. The summed E-state index contributed by atoms with van der Waals surface area (Å²) in [5.74, 6) is 0.281. The number of fused-ring (bicyclic) bond motifs is 4. The largest absolute Gasteiger partial charge is 3.00 e. The summed E-state index contributed by atoms with van der Waals surface area (Å²) < 4.78 is 0. The second-order valence-electron chi connectivity index (χ2n) is 8.83. The Labute approximate surface area is 259 Å². The summed E-state index contributed by atoms with van der Waals surface area (Å²) in [6, 6.07) is 32.7. The van der Waals surface area contributed by atoms with Crippen LogP contribution < -0.4 is 24.8 Å². The minimum absolute atomic E-state index is 0. The number of benzene rings is 4. The molecule has 0 heterocycles. The van der Waals surface area contributed by atoms with Gasteiger partial charge in [0.25, 0.3) is 0 Å². The van der Waals surface area contributed by atoms with Gasteiger partial charge in [0.2, 0.25) is 0 Å². The molecule has 185 valence electrons. The van der Waals surface area contributed by atoms with Crippen LogP contribution in [0.15, 0.2) is 96.6 Å². The number of allylic oxidation sites excluding steroid dienone is 1. The summed E-state index contributed by atoms with van der Waals surface area (Å²) in [5, 5.41) is 6.16. The fraction of sp³-hybridized carbons (Fsp3) is 0.156. The normalized spacial score (nSPS) is 13.4. The number of rotatable bonds is 3. The fourth-order valence-electron chi connectivity index (χ4n) is 5.31. The molecule has 0 saturated heterocycles. The van der Waals surface area contributed by atoms with Crippen molar-refractivity contribution in [2.24, 2.45) is 0 Å². The van der Waals surface area contributed by atoms with Crippen LogP contribution >= 0.6 is 11.6 Å². The number of halogens is 3. The van der Waals surface area contributed by atoms with Gasteiger partial charge in [0.15, 0.2) is 0 Å². The third-order valence-electron chi connectivity index (χ3n) is 6.73. The molecule has 5 heteroatoms. The smallest absolute Gasteiger partial charge is 1.00 e. The van der Waals surface area contributed by atoms with Gasteiger partial charge in [-0.25, -0.2) is 0 Å². The van der Waals surface area contributed by atoms with Crippen molar-refractivity contribution >= 4 is 48.7 Å². The predicted molar refractivity (Wildman–Crippen MR) is 152 cm³/mol. The molecule has 0 aromatic heterocycles. The van der Waals surface area contributed by atoms with Gasteiger partial charge < -0.3 is 24.8 Å². The van der Waals surface area contributed by atoms with Gasteiger partial charge in [-0.3, -0.25) is 0 Å². The van der Waals surface area contributed by atoms with E-state index in [4.69, 9.17) is 11.6 Å². The van der Waals surface area contributed by atoms with E-state index < -0.39 is 0 Å². The molecule has 3 radical (unpaired) electrons. The maximum Gasteiger partial charge on any atom is 3.00 e. The second-order valence-corrected chi connectivity index (χ2v) is 10.2. The molecule has 0 bridgehead atoms.